The Morgan fingerprint density at radius 2 is 1.59 bits per heavy atom. The molecule has 0 saturated heterocycles. The van der Waals surface area contributed by atoms with Crippen molar-refractivity contribution in [3.8, 4) is 11.5 Å². The maximum absolute atomic E-state index is 13.6. The minimum Gasteiger partial charge on any atom is -0.458 e. The summed E-state index contributed by atoms with van der Waals surface area (Å²) in [4.78, 5) is 61.5. The number of allylic oxidation sites excluding steroid dienone is 2. The van der Waals surface area contributed by atoms with Gasteiger partial charge in [-0.15, -0.1) is 0 Å². The van der Waals surface area contributed by atoms with Gasteiger partial charge in [0.15, 0.2) is 0 Å². The van der Waals surface area contributed by atoms with Crippen LogP contribution >= 0.6 is 0 Å². The van der Waals surface area contributed by atoms with Crippen LogP contribution in [0.4, 0.5) is 0 Å². The predicted octanol–water partition coefficient (Wildman–Crippen LogP) is 6.35. The molecule has 8 heteroatoms. The van der Waals surface area contributed by atoms with Gasteiger partial charge in [-0.1, -0.05) is 38.5 Å². The normalized spacial score (nSPS) is 21.1. The van der Waals surface area contributed by atoms with Crippen LogP contribution in [0.1, 0.15) is 98.1 Å². The Hall–Kier alpha value is -3.55. The second-order valence-corrected chi connectivity index (χ2v) is 11.9. The molecule has 0 bridgehead atoms. The third kappa shape index (κ3) is 8.97. The van der Waals surface area contributed by atoms with Crippen LogP contribution in [0.2, 0.25) is 0 Å². The molecule has 1 aliphatic carbocycles. The van der Waals surface area contributed by atoms with Crippen LogP contribution in [0.5, 0.6) is 11.5 Å². The second-order valence-electron chi connectivity index (χ2n) is 11.9. The first-order valence-electron chi connectivity index (χ1n) is 14.0. The van der Waals surface area contributed by atoms with Crippen molar-refractivity contribution in [2.75, 3.05) is 0 Å². The van der Waals surface area contributed by atoms with Gasteiger partial charge in [0, 0.05) is 51.0 Å². The molecule has 0 aromatic heterocycles. The third-order valence-corrected chi connectivity index (χ3v) is 8.15. The maximum Gasteiger partial charge on any atom is 0.308 e. The zero-order chi connectivity index (χ0) is 31.1. The van der Waals surface area contributed by atoms with E-state index in [9.17, 15) is 24.0 Å². The van der Waals surface area contributed by atoms with E-state index in [2.05, 4.69) is 6.58 Å². The first-order chi connectivity index (χ1) is 19.0. The summed E-state index contributed by atoms with van der Waals surface area (Å²) < 4.78 is 16.0. The van der Waals surface area contributed by atoms with E-state index < -0.39 is 34.8 Å². The van der Waals surface area contributed by atoms with Crippen molar-refractivity contribution in [3.63, 3.8) is 0 Å². The van der Waals surface area contributed by atoms with Gasteiger partial charge in [-0.2, -0.15) is 0 Å². The minimum atomic E-state index is -0.720. The molecule has 2 rings (SSSR count). The van der Waals surface area contributed by atoms with Crippen LogP contribution in [0.25, 0.3) is 0 Å². The number of esters is 3. The average molecular weight is 569 g/mol. The van der Waals surface area contributed by atoms with Gasteiger partial charge in [0.1, 0.15) is 29.2 Å². The SMILES string of the molecule is C=C(C)[C@H](CC(=O)[C@]1(C)CCC[C@]1(C)CC(=O)C/C(C)=C/Cc1cc(OC(C)=O)cc(C)c1OC(C)=O)OC(C)=O. The summed E-state index contributed by atoms with van der Waals surface area (Å²) in [5, 5.41) is 0. The number of rotatable bonds is 13. The Bertz CT molecular complexity index is 1260. The van der Waals surface area contributed by atoms with Crippen molar-refractivity contribution in [2.45, 2.75) is 106 Å². The fourth-order valence-corrected chi connectivity index (χ4v) is 5.72. The third-order valence-electron chi connectivity index (χ3n) is 8.15. The highest BCUT2D eigenvalue weighted by Crippen LogP contribution is 2.56. The van der Waals surface area contributed by atoms with Gasteiger partial charge in [0.25, 0.3) is 0 Å². The molecule has 1 aliphatic rings. The van der Waals surface area contributed by atoms with Gasteiger partial charge >= 0.3 is 17.9 Å². The lowest BCUT2D eigenvalue weighted by molar-refractivity contribution is -0.148. The molecular weight excluding hydrogens is 524 g/mol. The van der Waals surface area contributed by atoms with Crippen LogP contribution in [0, 0.1) is 17.8 Å². The highest BCUT2D eigenvalue weighted by atomic mass is 16.5. The standard InChI is InChI=1S/C33H44O8/c1-20(2)29(40-24(6)35)18-30(38)33(9)14-10-13-32(33,8)19-27(37)15-21(3)11-12-26-17-28(39-23(5)34)16-22(4)31(26)41-25(7)36/h11,16-17,29H,1,10,12-15,18-19H2,2-9H3/b21-11+/t29-,32+,33-/m0/s1. The van der Waals surface area contributed by atoms with E-state index >= 15 is 0 Å². The van der Waals surface area contributed by atoms with E-state index in [4.69, 9.17) is 14.2 Å². The van der Waals surface area contributed by atoms with Gasteiger partial charge in [-0.05, 0) is 68.7 Å². The molecule has 0 amide bonds. The van der Waals surface area contributed by atoms with E-state index in [1.807, 2.05) is 26.8 Å². The quantitative estimate of drug-likeness (QED) is 0.154. The van der Waals surface area contributed by atoms with Crippen LogP contribution in [0.15, 0.2) is 35.9 Å². The first-order valence-corrected chi connectivity index (χ1v) is 14.0. The summed E-state index contributed by atoms with van der Waals surface area (Å²) in [7, 11) is 0. The van der Waals surface area contributed by atoms with Crippen molar-refractivity contribution < 1.29 is 38.2 Å². The Balaban J connectivity index is 2.18. The summed E-state index contributed by atoms with van der Waals surface area (Å²) in [6.07, 6.45) is 4.36. The summed E-state index contributed by atoms with van der Waals surface area (Å²) in [5.41, 5.74) is 1.52. The first kappa shape index (κ1) is 33.7. The second kappa shape index (κ2) is 13.9. The number of ketones is 2. The molecule has 3 atom stereocenters. The number of ether oxygens (including phenoxy) is 3. The van der Waals surface area contributed by atoms with Crippen molar-refractivity contribution in [3.05, 3.63) is 47.1 Å². The number of hydrogen-bond donors (Lipinski definition) is 0. The van der Waals surface area contributed by atoms with Gasteiger partial charge in [0.05, 0.1) is 0 Å². The molecule has 0 spiro atoms. The lowest BCUT2D eigenvalue weighted by Gasteiger charge is -2.40. The zero-order valence-corrected chi connectivity index (χ0v) is 25.7. The fourth-order valence-electron chi connectivity index (χ4n) is 5.72. The van der Waals surface area contributed by atoms with Crippen LogP contribution in [0.3, 0.4) is 0 Å². The Morgan fingerprint density at radius 3 is 2.15 bits per heavy atom. The topological polar surface area (TPSA) is 113 Å². The molecule has 224 valence electrons. The summed E-state index contributed by atoms with van der Waals surface area (Å²) in [6, 6.07) is 3.29. The number of benzene rings is 1. The van der Waals surface area contributed by atoms with E-state index in [1.165, 1.54) is 20.8 Å². The Kier molecular flexibility index (Phi) is 11.4. The molecule has 0 unspecified atom stereocenters. The largest absolute Gasteiger partial charge is 0.458 e. The number of carbonyl (C=O) groups excluding carboxylic acids is 5. The molecule has 1 aromatic rings. The van der Waals surface area contributed by atoms with Crippen LogP contribution < -0.4 is 9.47 Å². The maximum atomic E-state index is 13.6. The van der Waals surface area contributed by atoms with Crippen molar-refractivity contribution in [1.29, 1.82) is 0 Å². The number of Topliss-reactive ketones (excluding diaryl/α,β-unsaturated/α-hetero) is 2. The highest BCUT2D eigenvalue weighted by molar-refractivity contribution is 5.89. The molecule has 0 heterocycles. The lowest BCUT2D eigenvalue weighted by Crippen LogP contribution is -2.42. The van der Waals surface area contributed by atoms with Crippen LogP contribution in [-0.4, -0.2) is 35.6 Å². The molecule has 8 nitrogen and oxygen atoms in total. The number of aryl methyl sites for hydroxylation is 1. The van der Waals surface area contributed by atoms with E-state index in [-0.39, 0.29) is 30.8 Å². The smallest absolute Gasteiger partial charge is 0.308 e. The zero-order valence-electron chi connectivity index (χ0n) is 25.7. The Labute approximate surface area is 243 Å². The lowest BCUT2D eigenvalue weighted by atomic mass is 9.62. The van der Waals surface area contributed by atoms with E-state index in [1.54, 1.807) is 26.0 Å². The van der Waals surface area contributed by atoms with Crippen molar-refractivity contribution in [2.24, 2.45) is 10.8 Å². The van der Waals surface area contributed by atoms with Gasteiger partial charge in [-0.3, -0.25) is 24.0 Å². The predicted molar refractivity (Wildman–Crippen MR) is 156 cm³/mol. The molecule has 1 fully saturated rings. The molecule has 1 aromatic carbocycles. The van der Waals surface area contributed by atoms with E-state index in [0.29, 0.717) is 41.0 Å². The average Bonchev–Trinajstić information content (AvgIpc) is 3.12. The van der Waals surface area contributed by atoms with Gasteiger partial charge < -0.3 is 14.2 Å². The van der Waals surface area contributed by atoms with Crippen molar-refractivity contribution >= 4 is 29.5 Å². The molecule has 0 aliphatic heterocycles. The van der Waals surface area contributed by atoms with Gasteiger partial charge in [0.2, 0.25) is 0 Å². The van der Waals surface area contributed by atoms with E-state index in [0.717, 1.165) is 18.4 Å². The van der Waals surface area contributed by atoms with Crippen LogP contribution in [-0.2, 0) is 35.1 Å². The monoisotopic (exact) mass is 568 g/mol. The van der Waals surface area contributed by atoms with Crippen molar-refractivity contribution in [1.82, 2.24) is 0 Å². The summed E-state index contributed by atoms with van der Waals surface area (Å²) in [6.45, 7) is 17.1. The number of hydrogen-bond acceptors (Lipinski definition) is 8. The fraction of sp³-hybridized carbons (Fsp3) is 0.545. The van der Waals surface area contributed by atoms with Gasteiger partial charge in [-0.25, -0.2) is 0 Å². The molecule has 0 radical (unpaired) electrons. The summed E-state index contributed by atoms with van der Waals surface area (Å²) >= 11 is 0. The molecule has 1 saturated carbocycles. The Morgan fingerprint density at radius 1 is 0.951 bits per heavy atom. The molecule has 41 heavy (non-hydrogen) atoms. The molecule has 0 N–H and O–H groups in total. The number of carbonyl (C=O) groups is 5. The molecular formula is C33H44O8. The minimum absolute atomic E-state index is 0.0205. The summed E-state index contributed by atoms with van der Waals surface area (Å²) in [5.74, 6) is -0.620. The highest BCUT2D eigenvalue weighted by Gasteiger charge is 2.53.